The Hall–Kier alpha value is -1.57. The van der Waals surface area contributed by atoms with Crippen molar-refractivity contribution in [3.8, 4) is 0 Å². The molecule has 7 nitrogen and oxygen atoms in total. The summed E-state index contributed by atoms with van der Waals surface area (Å²) in [5.74, 6) is 0.858. The molecule has 1 amide bonds. The smallest absolute Gasteiger partial charge is 0.227 e. The summed E-state index contributed by atoms with van der Waals surface area (Å²) in [6, 6.07) is 0. The highest BCUT2D eigenvalue weighted by molar-refractivity contribution is 7.99. The molecule has 0 aliphatic rings. The standard InChI is InChI=1S/C6H10N6OS/c7-3(13)1-14-2-4-10-5(8)12-6(9)11-4/h1-2H2,(H2,7,13)(H4,8,9,10,11,12). The maximum Gasteiger partial charge on any atom is 0.227 e. The molecular formula is C6H10N6OS. The Bertz CT molecular complexity index is 323. The summed E-state index contributed by atoms with van der Waals surface area (Å²) in [5, 5.41) is 0. The number of carbonyl (C=O) groups excluding carboxylic acids is 1. The molecule has 1 aromatic rings. The second-order valence-electron chi connectivity index (χ2n) is 2.43. The van der Waals surface area contributed by atoms with E-state index < -0.39 is 0 Å². The number of hydrogen-bond donors (Lipinski definition) is 3. The van der Waals surface area contributed by atoms with E-state index in [4.69, 9.17) is 17.2 Å². The molecule has 1 heterocycles. The molecule has 0 aliphatic heterocycles. The van der Waals surface area contributed by atoms with E-state index in [9.17, 15) is 4.79 Å². The van der Waals surface area contributed by atoms with Gasteiger partial charge in [0.15, 0.2) is 0 Å². The van der Waals surface area contributed by atoms with E-state index in [1.165, 1.54) is 11.8 Å². The highest BCUT2D eigenvalue weighted by atomic mass is 32.2. The van der Waals surface area contributed by atoms with Crippen LogP contribution in [0.25, 0.3) is 0 Å². The van der Waals surface area contributed by atoms with Crippen LogP contribution < -0.4 is 17.2 Å². The second kappa shape index (κ2) is 4.61. The summed E-state index contributed by atoms with van der Waals surface area (Å²) in [4.78, 5) is 21.7. The van der Waals surface area contributed by atoms with Crippen LogP contribution >= 0.6 is 11.8 Å². The van der Waals surface area contributed by atoms with Crippen molar-refractivity contribution in [1.82, 2.24) is 15.0 Å². The molecule has 14 heavy (non-hydrogen) atoms. The summed E-state index contributed by atoms with van der Waals surface area (Å²) in [6.45, 7) is 0. The molecule has 1 aromatic heterocycles. The molecule has 6 N–H and O–H groups in total. The highest BCUT2D eigenvalue weighted by Gasteiger charge is 2.02. The molecule has 1 rings (SSSR count). The van der Waals surface area contributed by atoms with Gasteiger partial charge in [0.25, 0.3) is 0 Å². The van der Waals surface area contributed by atoms with Gasteiger partial charge in [-0.1, -0.05) is 0 Å². The van der Waals surface area contributed by atoms with Gasteiger partial charge in [-0.2, -0.15) is 15.0 Å². The molecule has 0 saturated heterocycles. The number of amides is 1. The Morgan fingerprint density at radius 3 is 2.29 bits per heavy atom. The Kier molecular flexibility index (Phi) is 3.46. The number of nitrogens with two attached hydrogens (primary N) is 3. The van der Waals surface area contributed by atoms with Gasteiger partial charge in [0.2, 0.25) is 17.8 Å². The van der Waals surface area contributed by atoms with E-state index in [2.05, 4.69) is 15.0 Å². The number of thioether (sulfide) groups is 1. The quantitative estimate of drug-likeness (QED) is 0.570. The van der Waals surface area contributed by atoms with Crippen LogP contribution in [0.1, 0.15) is 5.82 Å². The Balaban J connectivity index is 2.54. The zero-order valence-corrected chi connectivity index (χ0v) is 8.12. The van der Waals surface area contributed by atoms with E-state index in [-0.39, 0.29) is 23.6 Å². The SMILES string of the molecule is NC(=O)CSCc1nc(N)nc(N)n1. The van der Waals surface area contributed by atoms with Gasteiger partial charge in [0.05, 0.1) is 11.5 Å². The van der Waals surface area contributed by atoms with Gasteiger partial charge in [0.1, 0.15) is 5.82 Å². The van der Waals surface area contributed by atoms with Gasteiger partial charge >= 0.3 is 0 Å². The molecule has 0 saturated carbocycles. The summed E-state index contributed by atoms with van der Waals surface area (Å²) in [6.07, 6.45) is 0. The third kappa shape index (κ3) is 3.44. The lowest BCUT2D eigenvalue weighted by Crippen LogP contribution is -2.13. The van der Waals surface area contributed by atoms with E-state index in [1.807, 2.05) is 0 Å². The number of primary amides is 1. The molecule has 0 radical (unpaired) electrons. The van der Waals surface area contributed by atoms with E-state index in [0.717, 1.165) is 0 Å². The second-order valence-corrected chi connectivity index (χ2v) is 3.41. The van der Waals surface area contributed by atoms with Gasteiger partial charge in [-0.3, -0.25) is 4.79 Å². The van der Waals surface area contributed by atoms with Crippen LogP contribution in [0.15, 0.2) is 0 Å². The van der Waals surface area contributed by atoms with Gasteiger partial charge < -0.3 is 17.2 Å². The number of carbonyl (C=O) groups is 1. The highest BCUT2D eigenvalue weighted by Crippen LogP contribution is 2.08. The summed E-state index contributed by atoms with van der Waals surface area (Å²) < 4.78 is 0. The minimum atomic E-state index is -0.384. The van der Waals surface area contributed by atoms with Crippen molar-refractivity contribution in [3.05, 3.63) is 5.82 Å². The predicted octanol–water partition coefficient (Wildman–Crippen LogP) is -1.25. The van der Waals surface area contributed by atoms with Crippen LogP contribution in [0, 0.1) is 0 Å². The normalized spacial score (nSPS) is 10.0. The largest absolute Gasteiger partial charge is 0.369 e. The lowest BCUT2D eigenvalue weighted by molar-refractivity contribution is -0.115. The van der Waals surface area contributed by atoms with Crippen LogP contribution in [0.2, 0.25) is 0 Å². The van der Waals surface area contributed by atoms with Gasteiger partial charge in [-0.25, -0.2) is 0 Å². The average molecular weight is 214 g/mol. The first-order valence-corrected chi connectivity index (χ1v) is 4.85. The summed E-state index contributed by atoms with van der Waals surface area (Å²) in [7, 11) is 0. The third-order valence-electron chi connectivity index (χ3n) is 1.19. The minimum Gasteiger partial charge on any atom is -0.369 e. The maximum absolute atomic E-state index is 10.4. The predicted molar refractivity (Wildman–Crippen MR) is 54.0 cm³/mol. The van der Waals surface area contributed by atoms with Crippen LogP contribution in [-0.2, 0) is 10.5 Å². The number of nitrogens with zero attached hydrogens (tertiary/aromatic N) is 3. The maximum atomic E-state index is 10.4. The van der Waals surface area contributed by atoms with Crippen molar-refractivity contribution < 1.29 is 4.79 Å². The molecule has 0 aromatic carbocycles. The average Bonchev–Trinajstić information content (AvgIpc) is 2.01. The zero-order valence-electron chi connectivity index (χ0n) is 7.30. The van der Waals surface area contributed by atoms with Gasteiger partial charge in [0, 0.05) is 0 Å². The number of anilines is 2. The monoisotopic (exact) mass is 214 g/mol. The van der Waals surface area contributed by atoms with E-state index >= 15 is 0 Å². The first-order valence-electron chi connectivity index (χ1n) is 3.70. The van der Waals surface area contributed by atoms with E-state index in [1.54, 1.807) is 0 Å². The first kappa shape index (κ1) is 10.5. The molecule has 0 fully saturated rings. The lowest BCUT2D eigenvalue weighted by Gasteiger charge is -2.00. The molecule has 0 unspecified atom stereocenters. The number of aromatic nitrogens is 3. The fraction of sp³-hybridized carbons (Fsp3) is 0.333. The van der Waals surface area contributed by atoms with E-state index in [0.29, 0.717) is 11.6 Å². The molecule has 76 valence electrons. The molecule has 0 spiro atoms. The van der Waals surface area contributed by atoms with Crippen molar-refractivity contribution in [2.45, 2.75) is 5.75 Å². The minimum absolute atomic E-state index is 0.0761. The molecular weight excluding hydrogens is 204 g/mol. The van der Waals surface area contributed by atoms with Crippen molar-refractivity contribution in [2.75, 3.05) is 17.2 Å². The van der Waals surface area contributed by atoms with Crippen LogP contribution in [-0.4, -0.2) is 26.6 Å². The van der Waals surface area contributed by atoms with Gasteiger partial charge in [-0.05, 0) is 0 Å². The molecule has 0 aliphatic carbocycles. The Morgan fingerprint density at radius 1 is 1.21 bits per heavy atom. The third-order valence-corrected chi connectivity index (χ3v) is 2.14. The number of hydrogen-bond acceptors (Lipinski definition) is 7. The van der Waals surface area contributed by atoms with Crippen molar-refractivity contribution >= 4 is 29.6 Å². The lowest BCUT2D eigenvalue weighted by atomic mass is 10.7. The topological polar surface area (TPSA) is 134 Å². The molecule has 8 heteroatoms. The van der Waals surface area contributed by atoms with Crippen molar-refractivity contribution in [2.24, 2.45) is 5.73 Å². The first-order chi connectivity index (χ1) is 6.58. The van der Waals surface area contributed by atoms with Gasteiger partial charge in [-0.15, -0.1) is 11.8 Å². The summed E-state index contributed by atoms with van der Waals surface area (Å²) in [5.41, 5.74) is 15.6. The number of rotatable bonds is 4. The van der Waals surface area contributed by atoms with Crippen molar-refractivity contribution in [3.63, 3.8) is 0 Å². The van der Waals surface area contributed by atoms with Crippen LogP contribution in [0.4, 0.5) is 11.9 Å². The molecule has 0 bridgehead atoms. The van der Waals surface area contributed by atoms with Crippen molar-refractivity contribution in [1.29, 1.82) is 0 Å². The zero-order chi connectivity index (χ0) is 10.6. The summed E-state index contributed by atoms with van der Waals surface area (Å²) >= 11 is 1.29. The fourth-order valence-corrected chi connectivity index (χ4v) is 1.38. The Labute approximate surface area is 84.5 Å². The van der Waals surface area contributed by atoms with Crippen LogP contribution in [0.3, 0.4) is 0 Å². The Morgan fingerprint density at radius 2 is 1.79 bits per heavy atom. The van der Waals surface area contributed by atoms with Crippen LogP contribution in [0.5, 0.6) is 0 Å². The number of nitrogen functional groups attached to an aromatic ring is 2. The molecule has 0 atom stereocenters. The fourth-order valence-electron chi connectivity index (χ4n) is 0.764.